The van der Waals surface area contributed by atoms with Crippen LogP contribution in [-0.4, -0.2) is 74.9 Å². The number of amides is 2. The highest BCUT2D eigenvalue weighted by Gasteiger charge is 2.52. The lowest BCUT2D eigenvalue weighted by molar-refractivity contribution is -0.160. The summed E-state index contributed by atoms with van der Waals surface area (Å²) in [5, 5.41) is 19.3. The number of carbonyl (C=O) groups is 3. The molecule has 2 aliphatic rings. The van der Waals surface area contributed by atoms with E-state index in [4.69, 9.17) is 4.74 Å². The monoisotopic (exact) mass is 328 g/mol. The van der Waals surface area contributed by atoms with Gasteiger partial charge in [-0.15, -0.1) is 0 Å². The quantitative estimate of drug-likeness (QED) is 0.761. The number of nitrogens with zero attached hydrogens (tertiary/aromatic N) is 2. The predicted molar refractivity (Wildman–Crippen MR) is 79.7 cm³/mol. The number of carboxylic acid groups (broad SMARTS) is 1. The Kier molecular flexibility index (Phi) is 4.57. The van der Waals surface area contributed by atoms with Crippen molar-refractivity contribution in [3.8, 4) is 0 Å². The molecule has 0 aliphatic carbocycles. The second kappa shape index (κ2) is 5.99. The van der Waals surface area contributed by atoms with Crippen LogP contribution in [0.3, 0.4) is 0 Å². The molecule has 0 radical (unpaired) electrons. The fourth-order valence-corrected chi connectivity index (χ4v) is 3.09. The lowest BCUT2D eigenvalue weighted by Gasteiger charge is -2.44. The smallest absolute Gasteiger partial charge is 0.410 e. The molecule has 2 N–H and O–H groups in total. The Hall–Kier alpha value is -1.83. The summed E-state index contributed by atoms with van der Waals surface area (Å²) < 4.78 is 5.29. The molecule has 1 unspecified atom stereocenters. The van der Waals surface area contributed by atoms with Crippen LogP contribution in [0.1, 0.15) is 40.0 Å². The van der Waals surface area contributed by atoms with E-state index in [0.717, 1.165) is 0 Å². The van der Waals surface area contributed by atoms with Crippen molar-refractivity contribution < 1.29 is 29.3 Å². The number of rotatable bonds is 2. The van der Waals surface area contributed by atoms with E-state index in [-0.39, 0.29) is 44.8 Å². The Morgan fingerprint density at radius 1 is 1.26 bits per heavy atom. The van der Waals surface area contributed by atoms with Gasteiger partial charge >= 0.3 is 12.1 Å². The van der Waals surface area contributed by atoms with Crippen LogP contribution in [0.5, 0.6) is 0 Å². The number of ether oxygens (including phenoxy) is 1. The number of carboxylic acids is 1. The molecule has 2 heterocycles. The van der Waals surface area contributed by atoms with Crippen LogP contribution in [0.2, 0.25) is 0 Å². The zero-order valence-electron chi connectivity index (χ0n) is 13.7. The molecule has 0 aromatic heterocycles. The zero-order chi connectivity index (χ0) is 17.4. The van der Waals surface area contributed by atoms with Crippen LogP contribution < -0.4 is 0 Å². The second-order valence-electron chi connectivity index (χ2n) is 7.17. The number of aliphatic hydroxyl groups excluding tert-OH is 1. The standard InChI is InChI=1S/C15H24N2O6/c1-14(2,3)23-13(22)16-6-4-15(5-7-16,12(20)21)17-9-10(18)8-11(17)19/h10,18H,4-9H2,1-3H3,(H,20,21). The summed E-state index contributed by atoms with van der Waals surface area (Å²) >= 11 is 0. The van der Waals surface area contributed by atoms with E-state index >= 15 is 0 Å². The molecular formula is C15H24N2O6. The van der Waals surface area contributed by atoms with Gasteiger partial charge in [0, 0.05) is 19.6 Å². The van der Waals surface area contributed by atoms with Gasteiger partial charge in [-0.25, -0.2) is 9.59 Å². The predicted octanol–water partition coefficient (Wildman–Crippen LogP) is 0.434. The molecule has 0 aromatic rings. The van der Waals surface area contributed by atoms with Crippen molar-refractivity contribution in [2.24, 2.45) is 0 Å². The number of aliphatic hydroxyl groups is 1. The van der Waals surface area contributed by atoms with E-state index in [1.165, 1.54) is 9.80 Å². The molecule has 2 fully saturated rings. The molecular weight excluding hydrogens is 304 g/mol. The molecule has 8 nitrogen and oxygen atoms in total. The maximum atomic E-state index is 12.1. The maximum absolute atomic E-state index is 12.1. The molecule has 23 heavy (non-hydrogen) atoms. The van der Waals surface area contributed by atoms with Gasteiger partial charge in [0.25, 0.3) is 0 Å². The maximum Gasteiger partial charge on any atom is 0.410 e. The van der Waals surface area contributed by atoms with Crippen molar-refractivity contribution in [3.63, 3.8) is 0 Å². The third kappa shape index (κ3) is 3.57. The Labute approximate surface area is 135 Å². The van der Waals surface area contributed by atoms with E-state index in [9.17, 15) is 24.6 Å². The molecule has 130 valence electrons. The third-order valence-corrected chi connectivity index (χ3v) is 4.26. The van der Waals surface area contributed by atoms with Crippen LogP contribution in [0.4, 0.5) is 4.79 Å². The molecule has 2 aliphatic heterocycles. The topological polar surface area (TPSA) is 107 Å². The van der Waals surface area contributed by atoms with Gasteiger partial charge in [-0.1, -0.05) is 0 Å². The number of β-amino-alcohol motifs (C(OH)–C–C–N with tert-alkyl or cyclic N) is 1. The lowest BCUT2D eigenvalue weighted by Crippen LogP contribution is -2.61. The van der Waals surface area contributed by atoms with Gasteiger partial charge in [-0.3, -0.25) is 4.79 Å². The first-order valence-electron chi connectivity index (χ1n) is 7.75. The summed E-state index contributed by atoms with van der Waals surface area (Å²) in [5.41, 5.74) is -1.97. The first kappa shape index (κ1) is 17.5. The molecule has 1 atom stereocenters. The second-order valence-corrected chi connectivity index (χ2v) is 7.17. The Morgan fingerprint density at radius 3 is 2.22 bits per heavy atom. The summed E-state index contributed by atoms with van der Waals surface area (Å²) in [6, 6.07) is 0. The molecule has 0 aromatic carbocycles. The van der Waals surface area contributed by atoms with E-state index in [2.05, 4.69) is 0 Å². The highest BCUT2D eigenvalue weighted by Crippen LogP contribution is 2.33. The first-order valence-corrected chi connectivity index (χ1v) is 7.75. The van der Waals surface area contributed by atoms with Gasteiger partial charge in [-0.2, -0.15) is 0 Å². The summed E-state index contributed by atoms with van der Waals surface area (Å²) in [7, 11) is 0. The van der Waals surface area contributed by atoms with Gasteiger partial charge in [0.15, 0.2) is 0 Å². The van der Waals surface area contributed by atoms with Crippen LogP contribution in [0.25, 0.3) is 0 Å². The molecule has 2 amide bonds. The number of likely N-dealkylation sites (tertiary alicyclic amines) is 2. The number of piperidine rings is 1. The van der Waals surface area contributed by atoms with E-state index in [1.54, 1.807) is 20.8 Å². The Morgan fingerprint density at radius 2 is 1.83 bits per heavy atom. The van der Waals surface area contributed by atoms with Gasteiger partial charge in [0.05, 0.1) is 12.5 Å². The summed E-state index contributed by atoms with van der Waals surface area (Å²) in [6.07, 6.45) is -1.11. The fourth-order valence-electron chi connectivity index (χ4n) is 3.09. The lowest BCUT2D eigenvalue weighted by atomic mass is 9.86. The Balaban J connectivity index is 2.08. The largest absolute Gasteiger partial charge is 0.479 e. The van der Waals surface area contributed by atoms with Crippen molar-refractivity contribution in [1.29, 1.82) is 0 Å². The third-order valence-electron chi connectivity index (χ3n) is 4.26. The average molecular weight is 328 g/mol. The minimum Gasteiger partial charge on any atom is -0.479 e. The zero-order valence-corrected chi connectivity index (χ0v) is 13.7. The van der Waals surface area contributed by atoms with Crippen molar-refractivity contribution in [1.82, 2.24) is 9.80 Å². The molecule has 0 saturated carbocycles. The highest BCUT2D eigenvalue weighted by molar-refractivity contribution is 5.89. The molecule has 0 spiro atoms. The molecule has 2 rings (SSSR count). The van der Waals surface area contributed by atoms with Crippen LogP contribution in [-0.2, 0) is 14.3 Å². The number of aliphatic carboxylic acids is 1. The minimum absolute atomic E-state index is 0.0254. The summed E-state index contributed by atoms with van der Waals surface area (Å²) in [4.78, 5) is 38.6. The number of hydrogen-bond donors (Lipinski definition) is 2. The van der Waals surface area contributed by atoms with Crippen LogP contribution in [0, 0.1) is 0 Å². The van der Waals surface area contributed by atoms with Crippen LogP contribution in [0.15, 0.2) is 0 Å². The van der Waals surface area contributed by atoms with E-state index in [0.29, 0.717) is 0 Å². The average Bonchev–Trinajstić information content (AvgIpc) is 2.76. The first-order chi connectivity index (χ1) is 10.5. The van der Waals surface area contributed by atoms with E-state index in [1.807, 2.05) is 0 Å². The highest BCUT2D eigenvalue weighted by atomic mass is 16.6. The van der Waals surface area contributed by atoms with Gasteiger partial charge in [0.1, 0.15) is 11.1 Å². The van der Waals surface area contributed by atoms with Gasteiger partial charge < -0.3 is 24.7 Å². The molecule has 0 bridgehead atoms. The summed E-state index contributed by atoms with van der Waals surface area (Å²) in [6.45, 7) is 5.71. The fraction of sp³-hybridized carbons (Fsp3) is 0.800. The normalized spacial score (nSPS) is 24.7. The minimum atomic E-state index is -1.35. The number of hydrogen-bond acceptors (Lipinski definition) is 5. The van der Waals surface area contributed by atoms with Crippen LogP contribution >= 0.6 is 0 Å². The Bertz CT molecular complexity index is 505. The van der Waals surface area contributed by atoms with Crippen molar-refractivity contribution >= 4 is 18.0 Å². The van der Waals surface area contributed by atoms with Crippen molar-refractivity contribution in [3.05, 3.63) is 0 Å². The van der Waals surface area contributed by atoms with Crippen molar-refractivity contribution in [2.75, 3.05) is 19.6 Å². The molecule has 2 saturated heterocycles. The van der Waals surface area contributed by atoms with Gasteiger partial charge in [0.2, 0.25) is 5.91 Å². The summed E-state index contributed by atoms with van der Waals surface area (Å²) in [5.74, 6) is -1.45. The molecule has 8 heteroatoms. The SMILES string of the molecule is CC(C)(C)OC(=O)N1CCC(C(=O)O)(N2CC(O)CC2=O)CC1. The number of carbonyl (C=O) groups excluding carboxylic acids is 2. The van der Waals surface area contributed by atoms with Crippen molar-refractivity contribution in [2.45, 2.75) is 57.3 Å². The van der Waals surface area contributed by atoms with E-state index < -0.39 is 29.3 Å². The van der Waals surface area contributed by atoms with Gasteiger partial charge in [-0.05, 0) is 33.6 Å².